The van der Waals surface area contributed by atoms with E-state index in [4.69, 9.17) is 0 Å². The van der Waals surface area contributed by atoms with Crippen molar-refractivity contribution in [3.63, 3.8) is 0 Å². The molecule has 0 unspecified atom stereocenters. The van der Waals surface area contributed by atoms with Crippen molar-refractivity contribution in [2.45, 2.75) is 12.0 Å². The number of nitrogens with zero attached hydrogens (tertiary/aromatic N) is 3. The highest BCUT2D eigenvalue weighted by atomic mass is 16.1. The minimum absolute atomic E-state index is 0.194. The molecule has 3 aromatic carbocycles. The Labute approximate surface area is 194 Å². The lowest BCUT2D eigenvalue weighted by Crippen LogP contribution is -2.52. The van der Waals surface area contributed by atoms with E-state index in [2.05, 4.69) is 101 Å². The maximum Gasteiger partial charge on any atom is 0.161 e. The summed E-state index contributed by atoms with van der Waals surface area (Å²) in [7, 11) is 1.89. The number of benzene rings is 3. The van der Waals surface area contributed by atoms with Gasteiger partial charge in [-0.3, -0.25) is 14.4 Å². The highest BCUT2D eigenvalue weighted by Gasteiger charge is 2.44. The number of ketones is 1. The molecule has 164 valence electrons. The summed E-state index contributed by atoms with van der Waals surface area (Å²) in [5.41, 5.74) is 4.66. The number of rotatable bonds is 5. The molecular formula is C29H27N3O. The monoisotopic (exact) mass is 433 g/mol. The molecule has 0 aliphatic carbocycles. The summed E-state index contributed by atoms with van der Waals surface area (Å²) in [5, 5.41) is 4.47. The smallest absolute Gasteiger partial charge is 0.161 e. The molecule has 0 bridgehead atoms. The summed E-state index contributed by atoms with van der Waals surface area (Å²) in [4.78, 5) is 15.4. The van der Waals surface area contributed by atoms with E-state index < -0.39 is 5.54 Å². The fraction of sp³-hybridized carbons (Fsp3) is 0.172. The highest BCUT2D eigenvalue weighted by Crippen LogP contribution is 2.43. The van der Waals surface area contributed by atoms with Crippen molar-refractivity contribution in [1.29, 1.82) is 0 Å². The number of aryl methyl sites for hydroxylation is 1. The van der Waals surface area contributed by atoms with Gasteiger partial charge in [0.15, 0.2) is 5.78 Å². The highest BCUT2D eigenvalue weighted by molar-refractivity contribution is 6.00. The van der Waals surface area contributed by atoms with Gasteiger partial charge < -0.3 is 0 Å². The van der Waals surface area contributed by atoms with Gasteiger partial charge in [0, 0.05) is 38.3 Å². The number of Topliss-reactive ketones (excluding diaryl/α,β-unsaturated/α-hetero) is 1. The molecule has 0 N–H and O–H groups in total. The number of carbonyl (C=O) groups excluding carboxylic acids is 1. The van der Waals surface area contributed by atoms with E-state index in [-0.39, 0.29) is 5.78 Å². The molecule has 2 heterocycles. The van der Waals surface area contributed by atoms with Crippen LogP contribution >= 0.6 is 0 Å². The van der Waals surface area contributed by atoms with E-state index in [1.54, 1.807) is 4.68 Å². The van der Waals surface area contributed by atoms with Gasteiger partial charge in [-0.05, 0) is 28.8 Å². The molecule has 1 aromatic heterocycles. The minimum atomic E-state index is -0.520. The van der Waals surface area contributed by atoms with Crippen molar-refractivity contribution in [3.8, 4) is 0 Å². The Morgan fingerprint density at radius 3 is 1.76 bits per heavy atom. The fourth-order valence-electron chi connectivity index (χ4n) is 4.96. The first-order chi connectivity index (χ1) is 16.2. The second-order valence-corrected chi connectivity index (χ2v) is 8.49. The van der Waals surface area contributed by atoms with Crippen molar-refractivity contribution >= 4 is 11.9 Å². The Balaban J connectivity index is 1.70. The summed E-state index contributed by atoms with van der Waals surface area (Å²) < 4.78 is 1.76. The van der Waals surface area contributed by atoms with Gasteiger partial charge in [-0.2, -0.15) is 5.10 Å². The van der Waals surface area contributed by atoms with E-state index in [1.807, 2.05) is 25.4 Å². The van der Waals surface area contributed by atoms with E-state index in [0.717, 1.165) is 11.3 Å². The van der Waals surface area contributed by atoms with Crippen LogP contribution in [0.2, 0.25) is 0 Å². The quantitative estimate of drug-likeness (QED) is 0.326. The zero-order valence-corrected chi connectivity index (χ0v) is 18.8. The predicted molar refractivity (Wildman–Crippen MR) is 132 cm³/mol. The van der Waals surface area contributed by atoms with E-state index in [9.17, 15) is 4.79 Å². The van der Waals surface area contributed by atoms with Crippen LogP contribution < -0.4 is 0 Å². The van der Waals surface area contributed by atoms with Gasteiger partial charge in [-0.15, -0.1) is 0 Å². The minimum Gasteiger partial charge on any atom is -0.294 e. The number of piperidine rings is 1. The van der Waals surface area contributed by atoms with Gasteiger partial charge in [0.05, 0.1) is 11.2 Å². The molecule has 1 saturated heterocycles. The van der Waals surface area contributed by atoms with Gasteiger partial charge in [-0.25, -0.2) is 0 Å². The van der Waals surface area contributed by atoms with Crippen molar-refractivity contribution < 1.29 is 4.79 Å². The SMILES string of the molecule is Cn1ccc(/C=C2\CN(C(c3ccccc3)(c3ccccc3)c3ccccc3)CCC2=O)n1. The van der Waals surface area contributed by atoms with E-state index in [1.165, 1.54) is 16.7 Å². The fourth-order valence-corrected chi connectivity index (χ4v) is 4.96. The van der Waals surface area contributed by atoms with Crippen LogP contribution in [0.1, 0.15) is 28.8 Å². The Kier molecular flexibility index (Phi) is 5.76. The number of hydrogen-bond donors (Lipinski definition) is 0. The third-order valence-corrected chi connectivity index (χ3v) is 6.43. The summed E-state index contributed by atoms with van der Waals surface area (Å²) in [6.07, 6.45) is 4.33. The van der Waals surface area contributed by atoms with Crippen LogP contribution in [0.5, 0.6) is 0 Å². The van der Waals surface area contributed by atoms with Crippen LogP contribution in [0.25, 0.3) is 6.08 Å². The molecule has 1 aliphatic heterocycles. The van der Waals surface area contributed by atoms with Crippen LogP contribution in [0.15, 0.2) is 109 Å². The molecule has 33 heavy (non-hydrogen) atoms. The zero-order valence-electron chi connectivity index (χ0n) is 18.8. The van der Waals surface area contributed by atoms with Gasteiger partial charge in [-0.1, -0.05) is 91.0 Å². The number of aromatic nitrogens is 2. The molecule has 1 fully saturated rings. The number of hydrogen-bond acceptors (Lipinski definition) is 3. The molecule has 4 aromatic rings. The number of carbonyl (C=O) groups is 1. The second kappa shape index (κ2) is 9.00. The zero-order chi connectivity index (χ0) is 22.7. The Morgan fingerprint density at radius 1 is 0.788 bits per heavy atom. The first kappa shape index (κ1) is 21.1. The maximum absolute atomic E-state index is 13.0. The molecule has 5 rings (SSSR count). The van der Waals surface area contributed by atoms with Crippen LogP contribution in [-0.2, 0) is 17.4 Å². The van der Waals surface area contributed by atoms with Crippen LogP contribution in [-0.4, -0.2) is 33.6 Å². The molecule has 0 atom stereocenters. The Morgan fingerprint density at radius 2 is 1.30 bits per heavy atom. The molecule has 0 amide bonds. The summed E-state index contributed by atoms with van der Waals surface area (Å²) in [6.45, 7) is 1.23. The summed E-state index contributed by atoms with van der Waals surface area (Å²) in [5.74, 6) is 0.194. The predicted octanol–water partition coefficient (Wildman–Crippen LogP) is 5.07. The van der Waals surface area contributed by atoms with Crippen LogP contribution in [0.4, 0.5) is 0 Å². The molecule has 0 saturated carbocycles. The lowest BCUT2D eigenvalue weighted by molar-refractivity contribution is -0.117. The Hall–Kier alpha value is -3.76. The van der Waals surface area contributed by atoms with Crippen molar-refractivity contribution in [3.05, 3.63) is 131 Å². The molecule has 4 nitrogen and oxygen atoms in total. The standard InChI is InChI=1S/C29H27N3O/c1-31-19-17-27(30-31)21-23-22-32(20-18-28(23)33)29(24-11-5-2-6-12-24,25-13-7-3-8-14-25)26-15-9-4-10-16-26/h2-17,19,21H,18,20,22H2,1H3/b23-21+. The number of likely N-dealkylation sites (tertiary alicyclic amines) is 1. The van der Waals surface area contributed by atoms with Crippen molar-refractivity contribution in [2.75, 3.05) is 13.1 Å². The third-order valence-electron chi connectivity index (χ3n) is 6.43. The average molecular weight is 434 g/mol. The molecule has 1 aliphatic rings. The maximum atomic E-state index is 13.0. The lowest BCUT2D eigenvalue weighted by atomic mass is 9.74. The average Bonchev–Trinajstić information content (AvgIpc) is 3.28. The van der Waals surface area contributed by atoms with Gasteiger partial charge in [0.25, 0.3) is 0 Å². The first-order valence-corrected chi connectivity index (χ1v) is 11.3. The van der Waals surface area contributed by atoms with E-state index in [0.29, 0.717) is 19.5 Å². The van der Waals surface area contributed by atoms with Crippen LogP contribution in [0, 0.1) is 0 Å². The van der Waals surface area contributed by atoms with Crippen molar-refractivity contribution in [1.82, 2.24) is 14.7 Å². The summed E-state index contributed by atoms with van der Waals surface area (Å²) in [6, 6.07) is 33.8. The topological polar surface area (TPSA) is 38.1 Å². The third kappa shape index (κ3) is 3.94. The largest absolute Gasteiger partial charge is 0.294 e. The molecule has 4 heteroatoms. The van der Waals surface area contributed by atoms with Gasteiger partial charge in [0.1, 0.15) is 0 Å². The van der Waals surface area contributed by atoms with Crippen molar-refractivity contribution in [2.24, 2.45) is 7.05 Å². The van der Waals surface area contributed by atoms with Gasteiger partial charge in [0.2, 0.25) is 0 Å². The Bertz CT molecular complexity index is 1160. The second-order valence-electron chi connectivity index (χ2n) is 8.49. The molecular weight excluding hydrogens is 406 g/mol. The van der Waals surface area contributed by atoms with Crippen LogP contribution in [0.3, 0.4) is 0 Å². The lowest BCUT2D eigenvalue weighted by Gasteiger charge is -2.47. The first-order valence-electron chi connectivity index (χ1n) is 11.3. The van der Waals surface area contributed by atoms with Gasteiger partial charge >= 0.3 is 0 Å². The normalized spacial score (nSPS) is 16.3. The van der Waals surface area contributed by atoms with E-state index >= 15 is 0 Å². The summed E-state index contributed by atoms with van der Waals surface area (Å²) >= 11 is 0. The molecule has 0 radical (unpaired) electrons. The molecule has 0 spiro atoms.